The third kappa shape index (κ3) is 3.49. The van der Waals surface area contributed by atoms with Gasteiger partial charge in [-0.05, 0) is 30.2 Å². The lowest BCUT2D eigenvalue weighted by molar-refractivity contribution is -0.139. The van der Waals surface area contributed by atoms with Gasteiger partial charge < -0.3 is 20.4 Å². The van der Waals surface area contributed by atoms with Crippen LogP contribution in [0.4, 0.5) is 4.79 Å². The van der Waals surface area contributed by atoms with Gasteiger partial charge in [0.05, 0.1) is 6.10 Å². The predicted molar refractivity (Wildman–Crippen MR) is 74.6 cm³/mol. The molecular weight excluding hydrogens is 280 g/mol. The van der Waals surface area contributed by atoms with Crippen LogP contribution in [0.1, 0.15) is 23.8 Å². The van der Waals surface area contributed by atoms with Crippen molar-refractivity contribution in [2.75, 3.05) is 13.6 Å². The number of carbonyl (C=O) groups is 2. The van der Waals surface area contributed by atoms with Crippen LogP contribution >= 0.6 is 11.3 Å². The van der Waals surface area contributed by atoms with Crippen molar-refractivity contribution in [1.29, 1.82) is 0 Å². The Balaban J connectivity index is 1.89. The number of nitrogens with one attached hydrogen (secondary N) is 1. The predicted octanol–water partition coefficient (Wildman–Crippen LogP) is 1.29. The van der Waals surface area contributed by atoms with Crippen molar-refractivity contribution in [3.8, 4) is 0 Å². The lowest BCUT2D eigenvalue weighted by atomic mass is 9.82. The number of carbonyl (C=O) groups excluding carboxylic acids is 1. The van der Waals surface area contributed by atoms with Gasteiger partial charge in [-0.2, -0.15) is 0 Å². The normalized spacial score (nSPS) is 22.7. The zero-order valence-electron chi connectivity index (χ0n) is 11.2. The second kappa shape index (κ2) is 6.23. The molecule has 1 atom stereocenters. The van der Waals surface area contributed by atoms with Crippen molar-refractivity contribution in [3.05, 3.63) is 22.4 Å². The molecule has 2 amide bonds. The van der Waals surface area contributed by atoms with E-state index in [9.17, 15) is 19.8 Å². The number of aliphatic carboxylic acids is 1. The summed E-state index contributed by atoms with van der Waals surface area (Å²) >= 11 is 1.30. The molecular formula is C13H18N2O4S. The van der Waals surface area contributed by atoms with Gasteiger partial charge in [0.1, 0.15) is 0 Å². The minimum absolute atomic E-state index is 0.255. The van der Waals surface area contributed by atoms with E-state index in [2.05, 4.69) is 5.32 Å². The van der Waals surface area contributed by atoms with Crippen LogP contribution in [-0.2, 0) is 4.79 Å². The molecule has 1 aliphatic rings. The molecule has 2 rings (SSSR count). The number of nitrogens with zero attached hydrogens (tertiary/aromatic N) is 1. The number of aliphatic hydroxyl groups is 1. The number of amides is 2. The maximum atomic E-state index is 12.0. The van der Waals surface area contributed by atoms with E-state index < -0.39 is 18.0 Å². The Morgan fingerprint density at radius 3 is 2.75 bits per heavy atom. The highest BCUT2D eigenvalue weighted by Crippen LogP contribution is 2.27. The zero-order chi connectivity index (χ0) is 14.7. The van der Waals surface area contributed by atoms with Crippen LogP contribution < -0.4 is 5.32 Å². The summed E-state index contributed by atoms with van der Waals surface area (Å²) < 4.78 is 0. The fourth-order valence-corrected chi connectivity index (χ4v) is 3.03. The van der Waals surface area contributed by atoms with E-state index in [1.165, 1.54) is 16.2 Å². The average Bonchev–Trinajstić information content (AvgIpc) is 2.86. The largest absolute Gasteiger partial charge is 0.479 e. The number of thiophene rings is 1. The van der Waals surface area contributed by atoms with Crippen LogP contribution in [-0.4, -0.2) is 46.8 Å². The standard InChI is InChI=1S/C13H18N2O4S/c1-15(7-8-5-9(16)6-8)13(19)14-11(12(17)18)10-3-2-4-20-10/h2-4,8-9,11,16H,5-7H2,1H3,(H,14,19)(H,17,18). The van der Waals surface area contributed by atoms with Crippen LogP contribution in [0.3, 0.4) is 0 Å². The Hall–Kier alpha value is -1.60. The summed E-state index contributed by atoms with van der Waals surface area (Å²) in [4.78, 5) is 25.3. The number of rotatable bonds is 5. The van der Waals surface area contributed by atoms with Gasteiger partial charge >= 0.3 is 12.0 Å². The van der Waals surface area contributed by atoms with E-state index in [1.807, 2.05) is 0 Å². The van der Waals surface area contributed by atoms with E-state index in [0.29, 0.717) is 30.2 Å². The van der Waals surface area contributed by atoms with E-state index in [4.69, 9.17) is 0 Å². The summed E-state index contributed by atoms with van der Waals surface area (Å²) in [7, 11) is 1.63. The molecule has 0 aliphatic heterocycles. The smallest absolute Gasteiger partial charge is 0.331 e. The van der Waals surface area contributed by atoms with Gasteiger partial charge in [-0.25, -0.2) is 9.59 Å². The van der Waals surface area contributed by atoms with Crippen molar-refractivity contribution in [3.63, 3.8) is 0 Å². The summed E-state index contributed by atoms with van der Waals surface area (Å²) in [5, 5.41) is 22.7. The summed E-state index contributed by atoms with van der Waals surface area (Å²) in [6.45, 7) is 0.527. The number of carboxylic acid groups (broad SMARTS) is 1. The summed E-state index contributed by atoms with van der Waals surface area (Å²) in [6, 6.07) is 2.01. The molecule has 6 nitrogen and oxygen atoms in total. The summed E-state index contributed by atoms with van der Waals surface area (Å²) in [5.74, 6) is -0.779. The topological polar surface area (TPSA) is 89.9 Å². The van der Waals surface area contributed by atoms with Crippen molar-refractivity contribution in [1.82, 2.24) is 10.2 Å². The van der Waals surface area contributed by atoms with E-state index in [0.717, 1.165) is 0 Å². The number of urea groups is 1. The van der Waals surface area contributed by atoms with Gasteiger partial charge in [0.25, 0.3) is 0 Å². The van der Waals surface area contributed by atoms with E-state index >= 15 is 0 Å². The van der Waals surface area contributed by atoms with Gasteiger partial charge in [0, 0.05) is 18.5 Å². The molecule has 1 fully saturated rings. The third-order valence-electron chi connectivity index (χ3n) is 3.43. The summed E-state index contributed by atoms with van der Waals surface area (Å²) in [6.07, 6.45) is 1.14. The molecule has 1 aliphatic carbocycles. The molecule has 0 aromatic carbocycles. The first-order valence-electron chi connectivity index (χ1n) is 6.43. The molecule has 110 valence electrons. The Morgan fingerprint density at radius 2 is 2.25 bits per heavy atom. The summed E-state index contributed by atoms with van der Waals surface area (Å²) in [5.41, 5.74) is 0. The lowest BCUT2D eigenvalue weighted by Crippen LogP contribution is -2.45. The molecule has 1 aromatic heterocycles. The molecule has 20 heavy (non-hydrogen) atoms. The first-order valence-corrected chi connectivity index (χ1v) is 7.31. The van der Waals surface area contributed by atoms with Gasteiger partial charge in [0.15, 0.2) is 6.04 Å². The fraction of sp³-hybridized carbons (Fsp3) is 0.538. The van der Waals surface area contributed by atoms with Gasteiger partial charge in [-0.15, -0.1) is 11.3 Å². The van der Waals surface area contributed by atoms with Crippen molar-refractivity contribution >= 4 is 23.3 Å². The quantitative estimate of drug-likeness (QED) is 0.764. The SMILES string of the molecule is CN(CC1CC(O)C1)C(=O)NC(C(=O)O)c1cccs1. The number of hydrogen-bond acceptors (Lipinski definition) is 4. The van der Waals surface area contributed by atoms with Crippen LogP contribution in [0.25, 0.3) is 0 Å². The first-order chi connectivity index (χ1) is 9.47. The number of carboxylic acids is 1. The van der Waals surface area contributed by atoms with Crippen molar-refractivity contribution in [2.45, 2.75) is 25.0 Å². The first kappa shape index (κ1) is 14.8. The van der Waals surface area contributed by atoms with Crippen LogP contribution in [0.2, 0.25) is 0 Å². The Bertz CT molecular complexity index is 471. The van der Waals surface area contributed by atoms with Gasteiger partial charge in [-0.1, -0.05) is 6.07 Å². The minimum atomic E-state index is -1.08. The van der Waals surface area contributed by atoms with Gasteiger partial charge in [0.2, 0.25) is 0 Å². The fourth-order valence-electron chi connectivity index (χ4n) is 2.26. The molecule has 1 unspecified atom stereocenters. The maximum absolute atomic E-state index is 12.0. The van der Waals surface area contributed by atoms with Crippen molar-refractivity contribution < 1.29 is 19.8 Å². The second-order valence-electron chi connectivity index (χ2n) is 5.11. The molecule has 1 saturated carbocycles. The average molecular weight is 298 g/mol. The molecule has 0 spiro atoms. The molecule has 0 bridgehead atoms. The highest BCUT2D eigenvalue weighted by molar-refractivity contribution is 7.10. The van der Waals surface area contributed by atoms with E-state index in [1.54, 1.807) is 24.6 Å². The van der Waals surface area contributed by atoms with Gasteiger partial charge in [-0.3, -0.25) is 0 Å². The number of hydrogen-bond donors (Lipinski definition) is 3. The zero-order valence-corrected chi connectivity index (χ0v) is 12.0. The van der Waals surface area contributed by atoms with Crippen molar-refractivity contribution in [2.24, 2.45) is 5.92 Å². The molecule has 0 saturated heterocycles. The Morgan fingerprint density at radius 1 is 1.55 bits per heavy atom. The Kier molecular flexibility index (Phi) is 4.61. The minimum Gasteiger partial charge on any atom is -0.479 e. The maximum Gasteiger partial charge on any atom is 0.331 e. The van der Waals surface area contributed by atoms with Crippen LogP contribution in [0, 0.1) is 5.92 Å². The third-order valence-corrected chi connectivity index (χ3v) is 4.37. The molecule has 1 heterocycles. The highest BCUT2D eigenvalue weighted by atomic mass is 32.1. The molecule has 7 heteroatoms. The highest BCUT2D eigenvalue weighted by Gasteiger charge is 2.30. The number of aliphatic hydroxyl groups excluding tert-OH is 1. The molecule has 1 aromatic rings. The molecule has 3 N–H and O–H groups in total. The van der Waals surface area contributed by atoms with Crippen LogP contribution in [0.15, 0.2) is 17.5 Å². The van der Waals surface area contributed by atoms with E-state index in [-0.39, 0.29) is 6.10 Å². The Labute approximate surface area is 121 Å². The second-order valence-corrected chi connectivity index (χ2v) is 6.09. The monoisotopic (exact) mass is 298 g/mol. The van der Waals surface area contributed by atoms with Crippen LogP contribution in [0.5, 0.6) is 0 Å². The lowest BCUT2D eigenvalue weighted by Gasteiger charge is -2.34. The molecule has 0 radical (unpaired) electrons.